The van der Waals surface area contributed by atoms with Gasteiger partial charge in [0.1, 0.15) is 0 Å². The maximum atomic E-state index is 3.88. The molecule has 1 aliphatic heterocycles. The standard InChI is InChI=1S/C9H14S2/c1-2-8-7-9(8)10-5-3-4-6-11-9/h2,8H,1,3-7H2. The van der Waals surface area contributed by atoms with Crippen LogP contribution in [0.3, 0.4) is 0 Å². The lowest BCUT2D eigenvalue weighted by atomic mass is 10.4. The van der Waals surface area contributed by atoms with Gasteiger partial charge < -0.3 is 0 Å². The van der Waals surface area contributed by atoms with Crippen molar-refractivity contribution in [2.45, 2.75) is 23.3 Å². The highest BCUT2D eigenvalue weighted by Crippen LogP contribution is 2.63. The molecule has 0 nitrogen and oxygen atoms in total. The van der Waals surface area contributed by atoms with Crippen LogP contribution >= 0.6 is 23.5 Å². The number of hydrogen-bond acceptors (Lipinski definition) is 2. The average molecular weight is 186 g/mol. The summed E-state index contributed by atoms with van der Waals surface area (Å²) in [6, 6.07) is 0. The first-order valence-electron chi connectivity index (χ1n) is 4.28. The van der Waals surface area contributed by atoms with E-state index in [1.165, 1.54) is 30.8 Å². The van der Waals surface area contributed by atoms with Gasteiger partial charge in [0.05, 0.1) is 4.08 Å². The zero-order valence-electron chi connectivity index (χ0n) is 6.71. The highest BCUT2D eigenvalue weighted by molar-refractivity contribution is 8.18. The second kappa shape index (κ2) is 3.06. The van der Waals surface area contributed by atoms with Gasteiger partial charge in [-0.05, 0) is 30.8 Å². The molecule has 2 fully saturated rings. The monoisotopic (exact) mass is 186 g/mol. The summed E-state index contributed by atoms with van der Waals surface area (Å²) in [6.07, 6.45) is 6.36. The van der Waals surface area contributed by atoms with E-state index >= 15 is 0 Å². The van der Waals surface area contributed by atoms with Crippen molar-refractivity contribution in [1.29, 1.82) is 0 Å². The molecule has 0 radical (unpaired) electrons. The Kier molecular flexibility index (Phi) is 2.24. The number of rotatable bonds is 1. The van der Waals surface area contributed by atoms with Gasteiger partial charge in [0.2, 0.25) is 0 Å². The van der Waals surface area contributed by atoms with Gasteiger partial charge in [0.15, 0.2) is 0 Å². The van der Waals surface area contributed by atoms with Crippen LogP contribution in [0.4, 0.5) is 0 Å². The van der Waals surface area contributed by atoms with Gasteiger partial charge in [-0.15, -0.1) is 30.1 Å². The van der Waals surface area contributed by atoms with Gasteiger partial charge in [-0.1, -0.05) is 6.08 Å². The normalized spacial score (nSPS) is 34.7. The largest absolute Gasteiger partial charge is 0.144 e. The minimum Gasteiger partial charge on any atom is -0.144 e. The fourth-order valence-electron chi connectivity index (χ4n) is 1.58. The van der Waals surface area contributed by atoms with Crippen LogP contribution in [-0.4, -0.2) is 15.6 Å². The van der Waals surface area contributed by atoms with Gasteiger partial charge in [0.25, 0.3) is 0 Å². The second-order valence-corrected chi connectivity index (χ2v) is 6.37. The minimum absolute atomic E-state index is 0.595. The first-order chi connectivity index (χ1) is 5.37. The van der Waals surface area contributed by atoms with Crippen molar-refractivity contribution < 1.29 is 0 Å². The predicted molar refractivity (Wildman–Crippen MR) is 55.2 cm³/mol. The second-order valence-electron chi connectivity index (χ2n) is 3.26. The topological polar surface area (TPSA) is 0 Å². The molecular formula is C9H14S2. The summed E-state index contributed by atoms with van der Waals surface area (Å²) in [4.78, 5) is 0. The number of thioether (sulfide) groups is 2. The smallest absolute Gasteiger partial charge is 0.0680 e. The predicted octanol–water partition coefficient (Wildman–Crippen LogP) is 3.15. The Morgan fingerprint density at radius 3 is 2.36 bits per heavy atom. The lowest BCUT2D eigenvalue weighted by Crippen LogP contribution is -1.98. The fourth-order valence-corrected chi connectivity index (χ4v) is 5.01. The molecule has 62 valence electrons. The van der Waals surface area contributed by atoms with Gasteiger partial charge >= 0.3 is 0 Å². The molecule has 1 saturated heterocycles. The summed E-state index contributed by atoms with van der Waals surface area (Å²) in [5.74, 6) is 3.56. The van der Waals surface area contributed by atoms with Crippen LogP contribution in [0.2, 0.25) is 0 Å². The molecule has 0 aromatic heterocycles. The first-order valence-corrected chi connectivity index (χ1v) is 6.25. The van der Waals surface area contributed by atoms with Crippen LogP contribution in [0.1, 0.15) is 19.3 Å². The van der Waals surface area contributed by atoms with Gasteiger partial charge in [-0.25, -0.2) is 0 Å². The maximum Gasteiger partial charge on any atom is 0.0680 e. The third-order valence-electron chi connectivity index (χ3n) is 2.43. The molecule has 0 bridgehead atoms. The van der Waals surface area contributed by atoms with E-state index in [2.05, 4.69) is 36.2 Å². The van der Waals surface area contributed by atoms with Gasteiger partial charge in [0, 0.05) is 5.92 Å². The van der Waals surface area contributed by atoms with Gasteiger partial charge in [-0.2, -0.15) is 0 Å². The number of allylic oxidation sites excluding steroid dienone is 1. The van der Waals surface area contributed by atoms with Crippen molar-refractivity contribution in [3.63, 3.8) is 0 Å². The maximum absolute atomic E-state index is 3.88. The Morgan fingerprint density at radius 2 is 1.91 bits per heavy atom. The van der Waals surface area contributed by atoms with Crippen molar-refractivity contribution in [2.24, 2.45) is 5.92 Å². The van der Waals surface area contributed by atoms with E-state index < -0.39 is 0 Å². The summed E-state index contributed by atoms with van der Waals surface area (Å²) in [5, 5.41) is 0. The summed E-state index contributed by atoms with van der Waals surface area (Å²) in [6.45, 7) is 3.88. The molecule has 0 N–H and O–H groups in total. The fraction of sp³-hybridized carbons (Fsp3) is 0.778. The minimum atomic E-state index is 0.595. The molecule has 1 unspecified atom stereocenters. The van der Waals surface area contributed by atoms with E-state index in [-0.39, 0.29) is 0 Å². The summed E-state index contributed by atoms with van der Waals surface area (Å²) in [5.41, 5.74) is 0. The van der Waals surface area contributed by atoms with Crippen molar-refractivity contribution >= 4 is 23.5 Å². The van der Waals surface area contributed by atoms with Crippen molar-refractivity contribution in [2.75, 3.05) is 11.5 Å². The zero-order chi connectivity index (χ0) is 7.73. The highest BCUT2D eigenvalue weighted by Gasteiger charge is 2.53. The van der Waals surface area contributed by atoms with Crippen LogP contribution < -0.4 is 0 Å². The third kappa shape index (κ3) is 1.48. The molecule has 0 aromatic carbocycles. The Bertz CT molecular complexity index is 157. The van der Waals surface area contributed by atoms with E-state index in [9.17, 15) is 0 Å². The van der Waals surface area contributed by atoms with Crippen molar-refractivity contribution in [3.05, 3.63) is 12.7 Å². The zero-order valence-corrected chi connectivity index (χ0v) is 8.35. The van der Waals surface area contributed by atoms with E-state index in [0.717, 1.165) is 5.92 Å². The third-order valence-corrected chi connectivity index (χ3v) is 6.03. The SMILES string of the molecule is C=CC1CC12SCCCCS2. The molecule has 1 spiro atoms. The van der Waals surface area contributed by atoms with Crippen LogP contribution in [0.15, 0.2) is 12.7 Å². The van der Waals surface area contributed by atoms with Crippen molar-refractivity contribution in [3.8, 4) is 0 Å². The molecule has 2 aliphatic rings. The Labute approximate surface area is 77.2 Å². The van der Waals surface area contributed by atoms with Crippen LogP contribution in [0.5, 0.6) is 0 Å². The molecule has 2 heteroatoms. The van der Waals surface area contributed by atoms with Gasteiger partial charge in [-0.3, -0.25) is 0 Å². The molecule has 1 aliphatic carbocycles. The van der Waals surface area contributed by atoms with Crippen LogP contribution in [0.25, 0.3) is 0 Å². The summed E-state index contributed by atoms with van der Waals surface area (Å²) >= 11 is 4.35. The van der Waals surface area contributed by atoms with E-state index in [0.29, 0.717) is 4.08 Å². The molecule has 11 heavy (non-hydrogen) atoms. The number of hydrogen-bond donors (Lipinski definition) is 0. The quantitative estimate of drug-likeness (QED) is 0.577. The molecular weight excluding hydrogens is 172 g/mol. The molecule has 1 heterocycles. The molecule has 1 saturated carbocycles. The highest BCUT2D eigenvalue weighted by atomic mass is 32.2. The van der Waals surface area contributed by atoms with Crippen LogP contribution in [-0.2, 0) is 0 Å². The van der Waals surface area contributed by atoms with Crippen molar-refractivity contribution in [1.82, 2.24) is 0 Å². The lowest BCUT2D eigenvalue weighted by Gasteiger charge is -2.10. The van der Waals surface area contributed by atoms with E-state index in [1.54, 1.807) is 0 Å². The molecule has 1 atom stereocenters. The summed E-state index contributed by atoms with van der Waals surface area (Å²) in [7, 11) is 0. The summed E-state index contributed by atoms with van der Waals surface area (Å²) < 4.78 is 0.595. The molecule has 2 rings (SSSR count). The first kappa shape index (κ1) is 8.06. The molecule has 0 aromatic rings. The Morgan fingerprint density at radius 1 is 1.27 bits per heavy atom. The Balaban J connectivity index is 1.97. The van der Waals surface area contributed by atoms with Crippen LogP contribution in [0, 0.1) is 5.92 Å². The van der Waals surface area contributed by atoms with E-state index in [4.69, 9.17) is 0 Å². The lowest BCUT2D eigenvalue weighted by molar-refractivity contribution is 0.912. The average Bonchev–Trinajstić information content (AvgIpc) is 2.76. The Hall–Kier alpha value is 0.440. The molecule has 0 amide bonds. The van der Waals surface area contributed by atoms with E-state index in [1.807, 2.05) is 0 Å².